The van der Waals surface area contributed by atoms with Crippen molar-refractivity contribution in [3.8, 4) is 5.69 Å². The van der Waals surface area contributed by atoms with Gasteiger partial charge in [0.15, 0.2) is 0 Å². The summed E-state index contributed by atoms with van der Waals surface area (Å²) >= 11 is 0. The molecule has 1 aromatic heterocycles. The molecule has 19 heavy (non-hydrogen) atoms. The Balaban J connectivity index is 2.08. The van der Waals surface area contributed by atoms with E-state index in [1.807, 2.05) is 18.2 Å². The lowest BCUT2D eigenvalue weighted by Gasteiger charge is -2.18. The van der Waals surface area contributed by atoms with Crippen molar-refractivity contribution in [1.82, 2.24) is 20.2 Å². The third kappa shape index (κ3) is 3.77. The van der Waals surface area contributed by atoms with Gasteiger partial charge >= 0.3 is 0 Å². The maximum atomic E-state index is 3.94. The fourth-order valence-electron chi connectivity index (χ4n) is 1.99. The number of anilines is 1. The van der Waals surface area contributed by atoms with Crippen LogP contribution >= 0.6 is 0 Å². The lowest BCUT2D eigenvalue weighted by Crippen LogP contribution is -2.17. The summed E-state index contributed by atoms with van der Waals surface area (Å²) in [6, 6.07) is 8.50. The minimum Gasteiger partial charge on any atom is -0.381 e. The Morgan fingerprint density at radius 2 is 1.95 bits per heavy atom. The maximum Gasteiger partial charge on any atom is 0.143 e. The number of nitrogens with zero attached hydrogens (tertiary/aromatic N) is 4. The average molecular weight is 259 g/mol. The van der Waals surface area contributed by atoms with E-state index in [4.69, 9.17) is 0 Å². The summed E-state index contributed by atoms with van der Waals surface area (Å²) < 4.78 is 1.68. The third-order valence-electron chi connectivity index (χ3n) is 3.08. The van der Waals surface area contributed by atoms with E-state index in [0.717, 1.165) is 23.7 Å². The minimum absolute atomic E-state index is 0.431. The molecule has 2 aromatic rings. The summed E-state index contributed by atoms with van der Waals surface area (Å²) in [6.07, 6.45) is 3.99. The van der Waals surface area contributed by atoms with Crippen LogP contribution in [0.2, 0.25) is 0 Å². The number of benzene rings is 1. The van der Waals surface area contributed by atoms with E-state index in [1.54, 1.807) is 11.0 Å². The molecule has 2 rings (SSSR count). The van der Waals surface area contributed by atoms with E-state index < -0.39 is 0 Å². The molecule has 0 fully saturated rings. The molecule has 1 heterocycles. The molecule has 5 nitrogen and oxygen atoms in total. The van der Waals surface area contributed by atoms with Gasteiger partial charge in [0, 0.05) is 6.04 Å². The van der Waals surface area contributed by atoms with E-state index in [9.17, 15) is 0 Å². The molecule has 1 unspecified atom stereocenters. The molecular formula is C14H21N5. The van der Waals surface area contributed by atoms with E-state index in [0.29, 0.717) is 6.04 Å². The first kappa shape index (κ1) is 13.5. The number of aromatic nitrogens is 4. The zero-order valence-electron chi connectivity index (χ0n) is 11.7. The molecule has 0 saturated heterocycles. The quantitative estimate of drug-likeness (QED) is 0.866. The lowest BCUT2D eigenvalue weighted by molar-refractivity contribution is 0.527. The molecule has 0 aliphatic rings. The van der Waals surface area contributed by atoms with Crippen molar-refractivity contribution in [3.63, 3.8) is 0 Å². The highest BCUT2D eigenvalue weighted by atomic mass is 15.5. The summed E-state index contributed by atoms with van der Waals surface area (Å²) in [6.45, 7) is 6.71. The Morgan fingerprint density at radius 1 is 1.16 bits per heavy atom. The van der Waals surface area contributed by atoms with Gasteiger partial charge in [-0.25, -0.2) is 0 Å². The molecule has 0 radical (unpaired) electrons. The predicted molar refractivity (Wildman–Crippen MR) is 76.3 cm³/mol. The van der Waals surface area contributed by atoms with Crippen molar-refractivity contribution in [1.29, 1.82) is 0 Å². The first-order valence-corrected chi connectivity index (χ1v) is 6.75. The average Bonchev–Trinajstić information content (AvgIpc) is 2.91. The largest absolute Gasteiger partial charge is 0.381 e. The number of nitrogens with one attached hydrogen (secondary N) is 1. The third-order valence-corrected chi connectivity index (χ3v) is 3.08. The van der Waals surface area contributed by atoms with Crippen LogP contribution in [0.1, 0.15) is 33.6 Å². The molecule has 102 valence electrons. The first-order valence-electron chi connectivity index (χ1n) is 6.75. The van der Waals surface area contributed by atoms with Crippen molar-refractivity contribution in [3.05, 3.63) is 30.6 Å². The van der Waals surface area contributed by atoms with Gasteiger partial charge in [-0.15, -0.1) is 5.10 Å². The van der Waals surface area contributed by atoms with Crippen molar-refractivity contribution in [2.24, 2.45) is 5.92 Å². The van der Waals surface area contributed by atoms with Gasteiger partial charge in [-0.2, -0.15) is 4.68 Å². The first-order chi connectivity index (χ1) is 9.16. The van der Waals surface area contributed by atoms with Crippen LogP contribution in [0.4, 0.5) is 5.69 Å². The van der Waals surface area contributed by atoms with Gasteiger partial charge in [-0.05, 0) is 48.2 Å². The van der Waals surface area contributed by atoms with E-state index in [2.05, 4.69) is 47.7 Å². The molecular weight excluding hydrogens is 238 g/mol. The van der Waals surface area contributed by atoms with Crippen molar-refractivity contribution >= 4 is 5.69 Å². The molecule has 0 aliphatic carbocycles. The molecule has 0 saturated carbocycles. The van der Waals surface area contributed by atoms with Crippen molar-refractivity contribution in [2.45, 2.75) is 39.7 Å². The number of tetrazole rings is 1. The Bertz CT molecular complexity index is 492. The van der Waals surface area contributed by atoms with Gasteiger partial charge in [-0.1, -0.05) is 26.0 Å². The summed E-state index contributed by atoms with van der Waals surface area (Å²) in [5, 5.41) is 14.8. The fourth-order valence-corrected chi connectivity index (χ4v) is 1.99. The van der Waals surface area contributed by atoms with E-state index in [-0.39, 0.29) is 0 Å². The molecule has 5 heteroatoms. The lowest BCUT2D eigenvalue weighted by atomic mass is 10.0. The molecule has 1 N–H and O–H groups in total. The number of para-hydroxylation sites is 2. The van der Waals surface area contributed by atoms with Crippen molar-refractivity contribution in [2.75, 3.05) is 5.32 Å². The second-order valence-corrected chi connectivity index (χ2v) is 5.29. The second-order valence-electron chi connectivity index (χ2n) is 5.29. The van der Waals surface area contributed by atoms with Crippen LogP contribution in [0.3, 0.4) is 0 Å². The van der Waals surface area contributed by atoms with E-state index in [1.165, 1.54) is 6.42 Å². The summed E-state index contributed by atoms with van der Waals surface area (Å²) in [5.74, 6) is 0.735. The second kappa shape index (κ2) is 6.31. The predicted octanol–water partition coefficient (Wildman–Crippen LogP) is 2.90. The highest BCUT2D eigenvalue weighted by Gasteiger charge is 2.09. The topological polar surface area (TPSA) is 55.6 Å². The van der Waals surface area contributed by atoms with E-state index >= 15 is 0 Å². The van der Waals surface area contributed by atoms with Crippen LogP contribution in [0.5, 0.6) is 0 Å². The normalized spacial score (nSPS) is 12.6. The van der Waals surface area contributed by atoms with Crippen LogP contribution in [-0.2, 0) is 0 Å². The van der Waals surface area contributed by atoms with Gasteiger partial charge in [0.25, 0.3) is 0 Å². The number of rotatable bonds is 6. The Labute approximate surface area is 114 Å². The Kier molecular flexibility index (Phi) is 4.49. The molecule has 0 bridgehead atoms. The molecule has 1 atom stereocenters. The maximum absolute atomic E-state index is 3.94. The molecule has 0 aliphatic heterocycles. The highest BCUT2D eigenvalue weighted by molar-refractivity contribution is 5.60. The highest BCUT2D eigenvalue weighted by Crippen LogP contribution is 2.20. The Morgan fingerprint density at radius 3 is 2.63 bits per heavy atom. The fraction of sp³-hybridized carbons (Fsp3) is 0.500. The van der Waals surface area contributed by atoms with Crippen LogP contribution in [-0.4, -0.2) is 26.2 Å². The Hall–Kier alpha value is -1.91. The monoisotopic (exact) mass is 259 g/mol. The summed E-state index contributed by atoms with van der Waals surface area (Å²) in [4.78, 5) is 0. The SMILES string of the molecule is CC(C)CCC(C)Nc1ccccc1-n1cnnn1. The number of hydrogen-bond acceptors (Lipinski definition) is 4. The minimum atomic E-state index is 0.431. The van der Waals surface area contributed by atoms with Gasteiger partial charge in [0.1, 0.15) is 6.33 Å². The molecule has 0 spiro atoms. The summed E-state index contributed by atoms with van der Waals surface area (Å²) in [5.41, 5.74) is 2.04. The molecule has 1 aromatic carbocycles. The van der Waals surface area contributed by atoms with Gasteiger partial charge in [-0.3, -0.25) is 0 Å². The van der Waals surface area contributed by atoms with Crippen LogP contribution < -0.4 is 5.32 Å². The van der Waals surface area contributed by atoms with Crippen LogP contribution in [0, 0.1) is 5.92 Å². The standard InChI is InChI=1S/C14H21N5/c1-11(2)8-9-12(3)16-13-6-4-5-7-14(13)19-10-15-17-18-19/h4-7,10-12,16H,8-9H2,1-3H3. The zero-order chi connectivity index (χ0) is 13.7. The van der Waals surface area contributed by atoms with Crippen molar-refractivity contribution < 1.29 is 0 Å². The van der Waals surface area contributed by atoms with Crippen LogP contribution in [0.25, 0.3) is 5.69 Å². The van der Waals surface area contributed by atoms with Gasteiger partial charge < -0.3 is 5.32 Å². The molecule has 0 amide bonds. The van der Waals surface area contributed by atoms with Crippen LogP contribution in [0.15, 0.2) is 30.6 Å². The van der Waals surface area contributed by atoms with Gasteiger partial charge in [0.2, 0.25) is 0 Å². The smallest absolute Gasteiger partial charge is 0.143 e. The zero-order valence-corrected chi connectivity index (χ0v) is 11.7. The number of hydrogen-bond donors (Lipinski definition) is 1. The van der Waals surface area contributed by atoms with Gasteiger partial charge in [0.05, 0.1) is 11.4 Å². The summed E-state index contributed by atoms with van der Waals surface area (Å²) in [7, 11) is 0.